The molecule has 1 saturated carbocycles. The van der Waals surface area contributed by atoms with Crippen molar-refractivity contribution in [3.8, 4) is 0 Å². The van der Waals surface area contributed by atoms with E-state index < -0.39 is 10.0 Å². The normalized spacial score (nSPS) is 23.2. The van der Waals surface area contributed by atoms with Crippen molar-refractivity contribution in [3.05, 3.63) is 21.1 Å². The Kier molecular flexibility index (Phi) is 6.04. The van der Waals surface area contributed by atoms with Gasteiger partial charge in [-0.05, 0) is 60.0 Å². The molecule has 1 fully saturated rings. The number of benzene rings is 1. The molecule has 8 heteroatoms. The number of hydrogen-bond acceptors (Lipinski definition) is 4. The van der Waals surface area contributed by atoms with E-state index in [9.17, 15) is 8.42 Å². The minimum Gasteiger partial charge on any atom is -0.398 e. The SMILES string of the molecule is CSC1CCC(NS(=O)(=O)c2c(N)cc(Br)cc2Br)CC1. The van der Waals surface area contributed by atoms with Crippen molar-refractivity contribution in [1.29, 1.82) is 0 Å². The van der Waals surface area contributed by atoms with Crippen molar-refractivity contribution in [2.75, 3.05) is 12.0 Å². The second-order valence-electron chi connectivity index (χ2n) is 5.14. The van der Waals surface area contributed by atoms with Crippen molar-refractivity contribution in [1.82, 2.24) is 4.72 Å². The summed E-state index contributed by atoms with van der Waals surface area (Å²) in [6, 6.07) is 3.29. The Bertz CT molecular complexity index is 592. The maximum Gasteiger partial charge on any atom is 0.243 e. The summed E-state index contributed by atoms with van der Waals surface area (Å²) >= 11 is 8.44. The third kappa shape index (κ3) is 4.37. The van der Waals surface area contributed by atoms with Gasteiger partial charge in [0.25, 0.3) is 0 Å². The first-order chi connectivity index (χ1) is 9.83. The molecule has 118 valence electrons. The van der Waals surface area contributed by atoms with Crippen LogP contribution in [-0.4, -0.2) is 26.0 Å². The Morgan fingerprint density at radius 1 is 1.24 bits per heavy atom. The van der Waals surface area contributed by atoms with Crippen LogP contribution in [0.4, 0.5) is 5.69 Å². The summed E-state index contributed by atoms with van der Waals surface area (Å²) in [4.78, 5) is 0.123. The third-order valence-corrected chi connectivity index (χ3v) is 7.76. The van der Waals surface area contributed by atoms with Gasteiger partial charge in [-0.2, -0.15) is 11.8 Å². The summed E-state index contributed by atoms with van der Waals surface area (Å²) in [6.45, 7) is 0. The van der Waals surface area contributed by atoms with Gasteiger partial charge >= 0.3 is 0 Å². The van der Waals surface area contributed by atoms with E-state index in [1.165, 1.54) is 0 Å². The second-order valence-corrected chi connectivity index (χ2v) is 9.70. The Labute approximate surface area is 146 Å². The number of halogens is 2. The number of rotatable bonds is 4. The van der Waals surface area contributed by atoms with Gasteiger partial charge in [0.15, 0.2) is 0 Å². The smallest absolute Gasteiger partial charge is 0.243 e. The van der Waals surface area contributed by atoms with Crippen molar-refractivity contribution in [2.45, 2.75) is 41.9 Å². The number of nitrogens with one attached hydrogen (secondary N) is 1. The van der Waals surface area contributed by atoms with Crippen molar-refractivity contribution in [2.24, 2.45) is 0 Å². The zero-order valence-electron chi connectivity index (χ0n) is 11.6. The lowest BCUT2D eigenvalue weighted by atomic mass is 9.96. The number of sulfonamides is 1. The summed E-state index contributed by atoms with van der Waals surface area (Å²) in [6.07, 6.45) is 5.95. The largest absolute Gasteiger partial charge is 0.398 e. The van der Waals surface area contributed by atoms with E-state index in [-0.39, 0.29) is 16.6 Å². The molecule has 0 heterocycles. The quantitative estimate of drug-likeness (QED) is 0.675. The number of thioether (sulfide) groups is 1. The van der Waals surface area contributed by atoms with Crippen LogP contribution in [-0.2, 0) is 10.0 Å². The van der Waals surface area contributed by atoms with Crippen LogP contribution in [0.5, 0.6) is 0 Å². The predicted molar refractivity (Wildman–Crippen MR) is 96.1 cm³/mol. The molecule has 1 aromatic rings. The van der Waals surface area contributed by atoms with Crippen LogP contribution >= 0.6 is 43.6 Å². The first-order valence-electron chi connectivity index (χ1n) is 6.63. The van der Waals surface area contributed by atoms with Crippen LogP contribution in [0.2, 0.25) is 0 Å². The first-order valence-corrected chi connectivity index (χ1v) is 11.0. The Morgan fingerprint density at radius 2 is 1.86 bits per heavy atom. The fraction of sp³-hybridized carbons (Fsp3) is 0.538. The highest BCUT2D eigenvalue weighted by Gasteiger charge is 2.28. The molecule has 0 atom stereocenters. The van der Waals surface area contributed by atoms with E-state index in [0.717, 1.165) is 30.2 Å². The maximum atomic E-state index is 12.6. The molecule has 3 N–H and O–H groups in total. The monoisotopic (exact) mass is 456 g/mol. The topological polar surface area (TPSA) is 72.2 Å². The Hall–Kier alpha value is 0.240. The van der Waals surface area contributed by atoms with Crippen LogP contribution < -0.4 is 10.5 Å². The lowest BCUT2D eigenvalue weighted by Crippen LogP contribution is -2.38. The van der Waals surface area contributed by atoms with Gasteiger partial charge in [-0.1, -0.05) is 15.9 Å². The number of anilines is 1. The molecule has 0 bridgehead atoms. The van der Waals surface area contributed by atoms with E-state index in [1.54, 1.807) is 12.1 Å². The summed E-state index contributed by atoms with van der Waals surface area (Å²) < 4.78 is 29.1. The van der Waals surface area contributed by atoms with Gasteiger partial charge < -0.3 is 5.73 Å². The fourth-order valence-corrected chi connectivity index (χ4v) is 6.68. The molecular formula is C13H18Br2N2O2S2. The summed E-state index contributed by atoms with van der Waals surface area (Å²) in [5, 5.41) is 0.648. The van der Waals surface area contributed by atoms with Crippen LogP contribution in [0.3, 0.4) is 0 Å². The third-order valence-electron chi connectivity index (χ3n) is 3.64. The highest BCUT2D eigenvalue weighted by atomic mass is 79.9. The van der Waals surface area contributed by atoms with Gasteiger partial charge in [-0.3, -0.25) is 0 Å². The molecule has 0 aliphatic heterocycles. The molecule has 4 nitrogen and oxygen atoms in total. The molecule has 0 amide bonds. The number of nitrogens with two attached hydrogens (primary N) is 1. The highest BCUT2D eigenvalue weighted by Crippen LogP contribution is 2.33. The van der Waals surface area contributed by atoms with E-state index >= 15 is 0 Å². The van der Waals surface area contributed by atoms with Gasteiger partial charge in [0.2, 0.25) is 10.0 Å². The van der Waals surface area contributed by atoms with Gasteiger partial charge in [-0.15, -0.1) is 0 Å². The molecule has 0 saturated heterocycles. The average Bonchev–Trinajstić information content (AvgIpc) is 2.37. The van der Waals surface area contributed by atoms with Crippen molar-refractivity contribution < 1.29 is 8.42 Å². The molecule has 0 aromatic heterocycles. The van der Waals surface area contributed by atoms with Crippen LogP contribution in [0, 0.1) is 0 Å². The highest BCUT2D eigenvalue weighted by molar-refractivity contribution is 9.11. The molecule has 21 heavy (non-hydrogen) atoms. The van der Waals surface area contributed by atoms with Crippen LogP contribution in [0.1, 0.15) is 25.7 Å². The first kappa shape index (κ1) is 17.6. The van der Waals surface area contributed by atoms with Gasteiger partial charge in [0, 0.05) is 20.2 Å². The van der Waals surface area contributed by atoms with Gasteiger partial charge in [0.05, 0.1) is 5.69 Å². The molecule has 0 spiro atoms. The Morgan fingerprint density at radius 3 is 2.38 bits per heavy atom. The number of nitrogen functional groups attached to an aromatic ring is 1. The lowest BCUT2D eigenvalue weighted by Gasteiger charge is -2.28. The maximum absolute atomic E-state index is 12.6. The lowest BCUT2D eigenvalue weighted by molar-refractivity contribution is 0.420. The predicted octanol–water partition coefficient (Wildman–Crippen LogP) is 3.75. The van der Waals surface area contributed by atoms with Gasteiger partial charge in [0.1, 0.15) is 4.90 Å². The minimum atomic E-state index is -3.61. The van der Waals surface area contributed by atoms with E-state index in [1.807, 2.05) is 11.8 Å². The average molecular weight is 458 g/mol. The zero-order chi connectivity index (χ0) is 15.6. The summed E-state index contributed by atoms with van der Waals surface area (Å²) in [7, 11) is -3.61. The van der Waals surface area contributed by atoms with E-state index in [2.05, 4.69) is 42.8 Å². The molecule has 1 aromatic carbocycles. The fourth-order valence-electron chi connectivity index (χ4n) is 2.56. The van der Waals surface area contributed by atoms with E-state index in [0.29, 0.717) is 9.72 Å². The molecular weight excluding hydrogens is 440 g/mol. The van der Waals surface area contributed by atoms with Crippen LogP contribution in [0.25, 0.3) is 0 Å². The molecule has 1 aliphatic carbocycles. The Balaban J connectivity index is 2.16. The molecule has 2 rings (SSSR count). The zero-order valence-corrected chi connectivity index (χ0v) is 16.4. The van der Waals surface area contributed by atoms with Crippen molar-refractivity contribution in [3.63, 3.8) is 0 Å². The van der Waals surface area contributed by atoms with Gasteiger partial charge in [-0.25, -0.2) is 13.1 Å². The summed E-state index contributed by atoms with van der Waals surface area (Å²) in [5.41, 5.74) is 6.11. The molecule has 1 aliphatic rings. The number of hydrogen-bond donors (Lipinski definition) is 2. The minimum absolute atomic E-state index is 0.00616. The van der Waals surface area contributed by atoms with Crippen LogP contribution in [0.15, 0.2) is 26.0 Å². The van der Waals surface area contributed by atoms with Crippen molar-refractivity contribution >= 4 is 59.3 Å². The second kappa shape index (κ2) is 7.21. The molecule has 0 unspecified atom stereocenters. The summed E-state index contributed by atoms with van der Waals surface area (Å²) in [5.74, 6) is 0. The molecule has 0 radical (unpaired) electrons. The standard InChI is InChI=1S/C13H18Br2N2O2S2/c1-20-10-4-2-9(3-5-10)17-21(18,19)13-11(15)6-8(14)7-12(13)16/h6-7,9-10,17H,2-5,16H2,1H3. The van der Waals surface area contributed by atoms with E-state index in [4.69, 9.17) is 5.73 Å².